The van der Waals surface area contributed by atoms with Crippen LogP contribution in [0.15, 0.2) is 48.5 Å². The Balaban J connectivity index is 1.61. The number of hydrogen-bond acceptors (Lipinski definition) is 4. The molecule has 1 N–H and O–H groups in total. The zero-order valence-corrected chi connectivity index (χ0v) is 14.0. The summed E-state index contributed by atoms with van der Waals surface area (Å²) < 4.78 is 32.2. The number of sulfonamides is 1. The molecule has 1 amide bonds. The minimum absolute atomic E-state index is 0.00117. The predicted octanol–water partition coefficient (Wildman–Crippen LogP) is 2.03. The van der Waals surface area contributed by atoms with Crippen LogP contribution >= 0.6 is 0 Å². The monoisotopic (exact) mass is 346 g/mol. The lowest BCUT2D eigenvalue weighted by molar-refractivity contribution is -0.117. The van der Waals surface area contributed by atoms with Gasteiger partial charge in [0.25, 0.3) is 0 Å². The van der Waals surface area contributed by atoms with Gasteiger partial charge in [-0.25, -0.2) is 8.42 Å². The summed E-state index contributed by atoms with van der Waals surface area (Å²) in [5.41, 5.74) is 2.09. The van der Waals surface area contributed by atoms with Gasteiger partial charge < -0.3 is 9.64 Å². The Kier molecular flexibility index (Phi) is 4.44. The van der Waals surface area contributed by atoms with E-state index in [1.807, 2.05) is 18.2 Å². The summed E-state index contributed by atoms with van der Waals surface area (Å²) in [7, 11) is -1.82. The molecule has 2 aromatic rings. The Morgan fingerprint density at radius 2 is 1.92 bits per heavy atom. The molecule has 0 fully saturated rings. The third-order valence-corrected chi connectivity index (χ3v) is 5.04. The molecule has 6 nitrogen and oxygen atoms in total. The number of carbonyl (C=O) groups is 1. The molecule has 1 aliphatic heterocycles. The quantitative estimate of drug-likeness (QED) is 0.868. The summed E-state index contributed by atoms with van der Waals surface area (Å²) in [6.07, 6.45) is 0.290. The Morgan fingerprint density at radius 1 is 1.17 bits per heavy atom. The van der Waals surface area contributed by atoms with Gasteiger partial charge in [0.2, 0.25) is 15.9 Å². The number of ether oxygens (including phenoxy) is 1. The summed E-state index contributed by atoms with van der Waals surface area (Å²) in [5.74, 6) is 0.478. The fourth-order valence-electron chi connectivity index (χ4n) is 2.55. The number of carbonyl (C=O) groups excluding carboxylic acids is 1. The van der Waals surface area contributed by atoms with Crippen molar-refractivity contribution in [2.45, 2.75) is 6.42 Å². The van der Waals surface area contributed by atoms with Gasteiger partial charge in [0, 0.05) is 18.4 Å². The van der Waals surface area contributed by atoms with Crippen molar-refractivity contribution in [3.05, 3.63) is 54.1 Å². The SMILES string of the molecule is CN1C(=O)Cc2cc(NS(=O)(=O)CCOc3ccccc3)ccc21. The van der Waals surface area contributed by atoms with Crippen LogP contribution in [0.3, 0.4) is 0 Å². The highest BCUT2D eigenvalue weighted by Gasteiger charge is 2.24. The topological polar surface area (TPSA) is 75.7 Å². The van der Waals surface area contributed by atoms with E-state index in [0.717, 1.165) is 11.3 Å². The third-order valence-electron chi connectivity index (χ3n) is 3.79. The highest BCUT2D eigenvalue weighted by atomic mass is 32.2. The molecule has 0 radical (unpaired) electrons. The van der Waals surface area contributed by atoms with Crippen molar-refractivity contribution in [1.82, 2.24) is 0 Å². The van der Waals surface area contributed by atoms with Gasteiger partial charge in [0.05, 0.1) is 6.42 Å². The number of para-hydroxylation sites is 1. The molecule has 0 unspecified atom stereocenters. The van der Waals surface area contributed by atoms with Gasteiger partial charge in [-0.1, -0.05) is 18.2 Å². The highest BCUT2D eigenvalue weighted by molar-refractivity contribution is 7.92. The second kappa shape index (κ2) is 6.52. The predicted molar refractivity (Wildman–Crippen MR) is 92.9 cm³/mol. The number of hydrogen-bond donors (Lipinski definition) is 1. The number of likely N-dealkylation sites (N-methyl/N-ethyl adjacent to an activating group) is 1. The smallest absolute Gasteiger partial charge is 0.236 e. The zero-order valence-electron chi connectivity index (χ0n) is 13.2. The van der Waals surface area contributed by atoms with E-state index in [9.17, 15) is 13.2 Å². The van der Waals surface area contributed by atoms with Crippen molar-refractivity contribution >= 4 is 27.3 Å². The molecule has 0 atom stereocenters. The molecule has 1 heterocycles. The fourth-order valence-corrected chi connectivity index (χ4v) is 3.44. The van der Waals surface area contributed by atoms with E-state index >= 15 is 0 Å². The van der Waals surface area contributed by atoms with Gasteiger partial charge in [0.15, 0.2) is 0 Å². The van der Waals surface area contributed by atoms with E-state index < -0.39 is 10.0 Å². The van der Waals surface area contributed by atoms with Crippen LogP contribution in [0.25, 0.3) is 0 Å². The Morgan fingerprint density at radius 3 is 2.67 bits per heavy atom. The van der Waals surface area contributed by atoms with Gasteiger partial charge in [-0.05, 0) is 35.9 Å². The number of nitrogens with zero attached hydrogens (tertiary/aromatic N) is 1. The molecular formula is C17H18N2O4S. The van der Waals surface area contributed by atoms with Gasteiger partial charge in [-0.15, -0.1) is 0 Å². The summed E-state index contributed by atoms with van der Waals surface area (Å²) >= 11 is 0. The van der Waals surface area contributed by atoms with Crippen molar-refractivity contribution in [1.29, 1.82) is 0 Å². The third kappa shape index (κ3) is 3.68. The van der Waals surface area contributed by atoms with E-state index in [-0.39, 0.29) is 18.3 Å². The normalized spacial score (nSPS) is 13.7. The molecule has 0 saturated carbocycles. The maximum atomic E-state index is 12.2. The lowest BCUT2D eigenvalue weighted by Crippen LogP contribution is -2.21. The first-order valence-corrected chi connectivity index (χ1v) is 9.18. The first-order chi connectivity index (χ1) is 11.4. The summed E-state index contributed by atoms with van der Waals surface area (Å²) in [4.78, 5) is 13.2. The van der Waals surface area contributed by atoms with Crippen molar-refractivity contribution in [3.63, 3.8) is 0 Å². The summed E-state index contributed by atoms with van der Waals surface area (Å²) in [6, 6.07) is 14.2. The van der Waals surface area contributed by atoms with Gasteiger partial charge in [0.1, 0.15) is 18.1 Å². The second-order valence-corrected chi connectivity index (χ2v) is 7.40. The van der Waals surface area contributed by atoms with E-state index in [4.69, 9.17) is 4.74 Å². The molecule has 0 saturated heterocycles. The maximum absolute atomic E-state index is 12.2. The number of rotatable bonds is 6. The number of amides is 1. The van der Waals surface area contributed by atoms with Crippen molar-refractivity contribution in [3.8, 4) is 5.75 Å². The van der Waals surface area contributed by atoms with Crippen molar-refractivity contribution in [2.24, 2.45) is 0 Å². The van der Waals surface area contributed by atoms with Crippen LogP contribution in [-0.4, -0.2) is 33.7 Å². The first kappa shape index (κ1) is 16.3. The molecule has 0 bridgehead atoms. The highest BCUT2D eigenvalue weighted by Crippen LogP contribution is 2.30. The van der Waals surface area contributed by atoms with Crippen molar-refractivity contribution < 1.29 is 17.9 Å². The first-order valence-electron chi connectivity index (χ1n) is 7.52. The van der Waals surface area contributed by atoms with Gasteiger partial charge >= 0.3 is 0 Å². The van der Waals surface area contributed by atoms with Crippen LogP contribution in [0, 0.1) is 0 Å². The average molecular weight is 346 g/mol. The Hall–Kier alpha value is -2.54. The van der Waals surface area contributed by atoms with E-state index in [0.29, 0.717) is 17.9 Å². The van der Waals surface area contributed by atoms with E-state index in [2.05, 4.69) is 4.72 Å². The standard InChI is InChI=1S/C17H18N2O4S/c1-19-16-8-7-14(11-13(16)12-17(19)20)18-24(21,22)10-9-23-15-5-3-2-4-6-15/h2-8,11,18H,9-10,12H2,1H3. The number of fused-ring (bicyclic) bond motifs is 1. The van der Waals surface area contributed by atoms with Crippen LogP contribution in [0.4, 0.5) is 11.4 Å². The minimum Gasteiger partial charge on any atom is -0.492 e. The molecule has 1 aliphatic rings. The average Bonchev–Trinajstić information content (AvgIpc) is 2.82. The molecule has 7 heteroatoms. The molecule has 2 aromatic carbocycles. The van der Waals surface area contributed by atoms with E-state index in [1.165, 1.54) is 0 Å². The molecule has 0 aliphatic carbocycles. The number of nitrogens with one attached hydrogen (secondary N) is 1. The molecule has 0 aromatic heterocycles. The van der Waals surface area contributed by atoms with Crippen LogP contribution < -0.4 is 14.4 Å². The largest absolute Gasteiger partial charge is 0.492 e. The summed E-state index contributed by atoms with van der Waals surface area (Å²) in [5, 5.41) is 0. The minimum atomic E-state index is -3.52. The fraction of sp³-hybridized carbons (Fsp3) is 0.235. The lowest BCUT2D eigenvalue weighted by Gasteiger charge is -2.12. The van der Waals surface area contributed by atoms with Crippen LogP contribution in [0.2, 0.25) is 0 Å². The van der Waals surface area contributed by atoms with Gasteiger partial charge in [-0.3, -0.25) is 9.52 Å². The Labute approximate surface area is 141 Å². The lowest BCUT2D eigenvalue weighted by atomic mass is 10.1. The van der Waals surface area contributed by atoms with Crippen molar-refractivity contribution in [2.75, 3.05) is 29.0 Å². The van der Waals surface area contributed by atoms with Crippen LogP contribution in [-0.2, 0) is 21.2 Å². The molecular weight excluding hydrogens is 328 g/mol. The number of benzene rings is 2. The molecule has 0 spiro atoms. The number of anilines is 2. The zero-order chi connectivity index (χ0) is 17.2. The van der Waals surface area contributed by atoms with Crippen LogP contribution in [0.5, 0.6) is 5.75 Å². The second-order valence-electron chi connectivity index (χ2n) is 5.56. The molecule has 24 heavy (non-hydrogen) atoms. The summed E-state index contributed by atoms with van der Waals surface area (Å²) in [6.45, 7) is 0.0610. The molecule has 3 rings (SSSR count). The van der Waals surface area contributed by atoms with Gasteiger partial charge in [-0.2, -0.15) is 0 Å². The maximum Gasteiger partial charge on any atom is 0.236 e. The molecule has 126 valence electrons. The van der Waals surface area contributed by atoms with E-state index in [1.54, 1.807) is 42.3 Å². The Bertz CT molecular complexity index is 850. The van der Waals surface area contributed by atoms with Crippen LogP contribution in [0.1, 0.15) is 5.56 Å².